The molecule has 1 aliphatic rings. The zero-order valence-corrected chi connectivity index (χ0v) is 20.0. The molecule has 0 bridgehead atoms. The van der Waals surface area contributed by atoms with Crippen LogP contribution in [0.25, 0.3) is 6.08 Å². The van der Waals surface area contributed by atoms with E-state index >= 15 is 0 Å². The highest BCUT2D eigenvalue weighted by Gasteiger charge is 2.28. The minimum absolute atomic E-state index is 0.00123. The maximum atomic E-state index is 13.2. The van der Waals surface area contributed by atoms with E-state index in [4.69, 9.17) is 0 Å². The van der Waals surface area contributed by atoms with E-state index in [0.717, 1.165) is 59.3 Å². The topological polar surface area (TPSA) is 88.8 Å². The molecule has 168 valence electrons. The van der Waals surface area contributed by atoms with Crippen LogP contribution in [0.4, 0.5) is 10.9 Å². The maximum Gasteiger partial charge on any atom is 0.247 e. The summed E-state index contributed by atoms with van der Waals surface area (Å²) in [6, 6.07) is 1.87. The number of piperidine rings is 1. The molecule has 1 fully saturated rings. The van der Waals surface area contributed by atoms with Crippen LogP contribution in [0, 0.1) is 27.7 Å². The van der Waals surface area contributed by atoms with Gasteiger partial charge in [0.15, 0.2) is 5.13 Å². The van der Waals surface area contributed by atoms with Crippen LogP contribution in [-0.2, 0) is 11.8 Å². The molecule has 8 nitrogen and oxygen atoms in total. The Kier molecular flexibility index (Phi) is 6.36. The molecule has 3 aromatic rings. The number of carbonyl (C=O) groups is 1. The number of hydrogen-bond acceptors (Lipinski definition) is 7. The van der Waals surface area contributed by atoms with Crippen molar-refractivity contribution in [3.63, 3.8) is 0 Å². The molecule has 0 aliphatic carbocycles. The Morgan fingerprint density at radius 1 is 1.19 bits per heavy atom. The molecule has 1 saturated heterocycles. The molecule has 3 aromatic heterocycles. The first-order chi connectivity index (χ1) is 15.3. The third kappa shape index (κ3) is 4.72. The van der Waals surface area contributed by atoms with Crippen molar-refractivity contribution >= 4 is 34.3 Å². The number of likely N-dealkylation sites (tertiary alicyclic amines) is 1. The lowest BCUT2D eigenvalue weighted by molar-refractivity contribution is -0.129. The molecule has 0 spiro atoms. The number of nitrogens with zero attached hydrogens (tertiary/aromatic N) is 6. The summed E-state index contributed by atoms with van der Waals surface area (Å²) in [6.07, 6.45) is 6.50. The molecule has 32 heavy (non-hydrogen) atoms. The second kappa shape index (κ2) is 9.20. The second-order valence-electron chi connectivity index (χ2n) is 8.23. The van der Waals surface area contributed by atoms with Crippen molar-refractivity contribution in [2.45, 2.75) is 53.0 Å². The highest BCUT2D eigenvalue weighted by atomic mass is 32.1. The first-order valence-electron chi connectivity index (χ1n) is 10.9. The summed E-state index contributed by atoms with van der Waals surface area (Å²) < 4.78 is 1.84. The van der Waals surface area contributed by atoms with Crippen molar-refractivity contribution in [1.82, 2.24) is 29.6 Å². The van der Waals surface area contributed by atoms with Crippen molar-refractivity contribution in [1.29, 1.82) is 0 Å². The van der Waals surface area contributed by atoms with Crippen LogP contribution in [0.2, 0.25) is 0 Å². The number of hydrogen-bond donors (Lipinski definition) is 1. The molecule has 1 unspecified atom stereocenters. The first-order valence-corrected chi connectivity index (χ1v) is 11.7. The lowest BCUT2D eigenvalue weighted by Gasteiger charge is -2.35. The molecule has 1 N–H and O–H groups in total. The first kappa shape index (κ1) is 22.1. The van der Waals surface area contributed by atoms with Crippen LogP contribution in [0.3, 0.4) is 0 Å². The lowest BCUT2D eigenvalue weighted by Crippen LogP contribution is -2.38. The smallest absolute Gasteiger partial charge is 0.247 e. The van der Waals surface area contributed by atoms with Gasteiger partial charge >= 0.3 is 0 Å². The standard InChI is InChI=1S/C23H29N7OS/c1-14-13-32-23(24-14)27-21-12-19(25-17(4)26-21)20-8-6-7-11-30(20)22(31)10-9-18-15(2)28-29(5)16(18)3/h9-10,12-13,20H,6-8,11H2,1-5H3,(H,24,25,26,27)/b10-9+. The van der Waals surface area contributed by atoms with Gasteiger partial charge in [-0.05, 0) is 53.0 Å². The fourth-order valence-electron chi connectivity index (χ4n) is 4.13. The van der Waals surface area contributed by atoms with Crippen molar-refractivity contribution in [3.8, 4) is 0 Å². The number of thiazole rings is 1. The average Bonchev–Trinajstić information content (AvgIpc) is 3.27. The number of carbonyl (C=O) groups excluding carboxylic acids is 1. The van der Waals surface area contributed by atoms with E-state index in [0.29, 0.717) is 11.6 Å². The minimum atomic E-state index is -0.0720. The Labute approximate surface area is 192 Å². The normalized spacial score (nSPS) is 16.7. The molecule has 4 heterocycles. The number of amides is 1. The van der Waals surface area contributed by atoms with Gasteiger partial charge in [-0.1, -0.05) is 0 Å². The summed E-state index contributed by atoms with van der Waals surface area (Å²) in [4.78, 5) is 28.8. The van der Waals surface area contributed by atoms with Crippen LogP contribution in [0.1, 0.15) is 59.5 Å². The Bertz CT molecular complexity index is 1160. The number of nitrogens with one attached hydrogen (secondary N) is 1. The van der Waals surface area contributed by atoms with Gasteiger partial charge in [0.2, 0.25) is 5.91 Å². The van der Waals surface area contributed by atoms with Crippen molar-refractivity contribution in [3.05, 3.63) is 51.7 Å². The van der Waals surface area contributed by atoms with Gasteiger partial charge in [-0.15, -0.1) is 11.3 Å². The zero-order chi connectivity index (χ0) is 22.8. The van der Waals surface area contributed by atoms with E-state index in [2.05, 4.69) is 25.4 Å². The van der Waals surface area contributed by atoms with Gasteiger partial charge in [-0.3, -0.25) is 9.48 Å². The third-order valence-corrected chi connectivity index (χ3v) is 6.67. The molecule has 1 atom stereocenters. The monoisotopic (exact) mass is 451 g/mol. The largest absolute Gasteiger partial charge is 0.331 e. The summed E-state index contributed by atoms with van der Waals surface area (Å²) in [5.41, 5.74) is 4.80. The zero-order valence-electron chi connectivity index (χ0n) is 19.2. The summed E-state index contributed by atoms with van der Waals surface area (Å²) in [6.45, 7) is 8.53. The van der Waals surface area contributed by atoms with Gasteiger partial charge in [0.05, 0.1) is 23.1 Å². The highest BCUT2D eigenvalue weighted by molar-refractivity contribution is 7.13. The number of anilines is 2. The summed E-state index contributed by atoms with van der Waals surface area (Å²) in [5.74, 6) is 1.38. The number of aryl methyl sites for hydroxylation is 4. The average molecular weight is 452 g/mol. The van der Waals surface area contributed by atoms with Gasteiger partial charge in [0.1, 0.15) is 11.6 Å². The van der Waals surface area contributed by atoms with Crippen molar-refractivity contribution in [2.75, 3.05) is 11.9 Å². The van der Waals surface area contributed by atoms with Gasteiger partial charge in [-0.25, -0.2) is 15.0 Å². The fourth-order valence-corrected chi connectivity index (χ4v) is 4.83. The Morgan fingerprint density at radius 3 is 2.69 bits per heavy atom. The van der Waals surface area contributed by atoms with Crippen LogP contribution >= 0.6 is 11.3 Å². The quantitative estimate of drug-likeness (QED) is 0.578. The molecule has 1 aliphatic heterocycles. The molecule has 4 rings (SSSR count). The second-order valence-corrected chi connectivity index (χ2v) is 9.09. The molecule has 0 radical (unpaired) electrons. The molecule has 9 heteroatoms. The summed E-state index contributed by atoms with van der Waals surface area (Å²) >= 11 is 1.54. The van der Waals surface area contributed by atoms with Gasteiger partial charge in [0.25, 0.3) is 0 Å². The van der Waals surface area contributed by atoms with Crippen LogP contribution in [0.15, 0.2) is 17.5 Å². The minimum Gasteiger partial charge on any atom is -0.331 e. The Balaban J connectivity index is 1.57. The predicted molar refractivity (Wildman–Crippen MR) is 127 cm³/mol. The molecule has 1 amide bonds. The van der Waals surface area contributed by atoms with Gasteiger partial charge < -0.3 is 10.2 Å². The van der Waals surface area contributed by atoms with Gasteiger partial charge in [-0.2, -0.15) is 5.10 Å². The lowest BCUT2D eigenvalue weighted by atomic mass is 9.98. The Hall–Kier alpha value is -3.07. The molecule has 0 saturated carbocycles. The van der Waals surface area contributed by atoms with E-state index in [1.165, 1.54) is 0 Å². The van der Waals surface area contributed by atoms with E-state index in [1.54, 1.807) is 17.4 Å². The Morgan fingerprint density at radius 2 is 2.00 bits per heavy atom. The molecular weight excluding hydrogens is 422 g/mol. The van der Waals surface area contributed by atoms with Crippen LogP contribution in [-0.4, -0.2) is 42.1 Å². The van der Waals surface area contributed by atoms with Crippen molar-refractivity contribution in [2.24, 2.45) is 7.05 Å². The molecule has 0 aromatic carbocycles. The predicted octanol–water partition coefficient (Wildman–Crippen LogP) is 4.41. The fraction of sp³-hybridized carbons (Fsp3) is 0.435. The van der Waals surface area contributed by atoms with Gasteiger partial charge in [0, 0.05) is 42.4 Å². The molecular formula is C23H29N7OS. The van der Waals surface area contributed by atoms with E-state index in [9.17, 15) is 4.79 Å². The van der Waals surface area contributed by atoms with Crippen LogP contribution < -0.4 is 5.32 Å². The maximum absolute atomic E-state index is 13.2. The summed E-state index contributed by atoms with van der Waals surface area (Å²) in [7, 11) is 1.91. The van der Waals surface area contributed by atoms with Crippen molar-refractivity contribution < 1.29 is 4.79 Å². The van der Waals surface area contributed by atoms with E-state index in [-0.39, 0.29) is 11.9 Å². The SMILES string of the molecule is Cc1csc(Nc2cc(C3CCCCN3C(=O)/C=C/c3c(C)nn(C)c3C)nc(C)n2)n1. The third-order valence-electron chi connectivity index (χ3n) is 5.80. The number of aromatic nitrogens is 5. The highest BCUT2D eigenvalue weighted by Crippen LogP contribution is 2.32. The summed E-state index contributed by atoms with van der Waals surface area (Å²) in [5, 5.41) is 10.5. The van der Waals surface area contributed by atoms with Crippen LogP contribution in [0.5, 0.6) is 0 Å². The number of rotatable bonds is 5. The van der Waals surface area contributed by atoms with E-state index < -0.39 is 0 Å². The van der Waals surface area contributed by atoms with E-state index in [1.807, 2.05) is 61.8 Å².